The third-order valence-electron chi connectivity index (χ3n) is 4.53. The van der Waals surface area contributed by atoms with E-state index in [0.717, 1.165) is 10.3 Å². The molecule has 6 nitrogen and oxygen atoms in total. The Kier molecular flexibility index (Phi) is 4.06. The molecule has 3 aromatic carbocycles. The molecule has 0 atom stereocenters. The number of carbonyl (C=O) groups excluding carboxylic acids is 2. The Morgan fingerprint density at radius 2 is 1.82 bits per heavy atom. The molecule has 0 fully saturated rings. The lowest BCUT2D eigenvalue weighted by Gasteiger charge is -2.17. The molecule has 0 aliphatic carbocycles. The van der Waals surface area contributed by atoms with E-state index in [1.54, 1.807) is 30.3 Å². The first-order valence-corrected chi connectivity index (χ1v) is 8.36. The smallest absolute Gasteiger partial charge is 0.335 e. The molecule has 1 aliphatic rings. The lowest BCUT2D eigenvalue weighted by atomic mass is 10.1. The average Bonchev–Trinajstić information content (AvgIpc) is 2.95. The number of carboxylic acids is 1. The lowest BCUT2D eigenvalue weighted by Crippen LogP contribution is -2.29. The van der Waals surface area contributed by atoms with E-state index in [-0.39, 0.29) is 23.3 Å². The van der Waals surface area contributed by atoms with Crippen LogP contribution in [0.4, 0.5) is 5.69 Å². The van der Waals surface area contributed by atoms with Crippen LogP contribution in [0.1, 0.15) is 31.1 Å². The fourth-order valence-electron chi connectivity index (χ4n) is 3.25. The van der Waals surface area contributed by atoms with Crippen molar-refractivity contribution in [2.24, 2.45) is 0 Å². The Hall–Kier alpha value is -4.11. The minimum absolute atomic E-state index is 0.0463. The van der Waals surface area contributed by atoms with Crippen LogP contribution in [0.25, 0.3) is 10.8 Å². The molecular formula is C22H13NO5. The van der Waals surface area contributed by atoms with Crippen LogP contribution in [0.2, 0.25) is 0 Å². The van der Waals surface area contributed by atoms with Crippen LogP contribution in [0.15, 0.2) is 54.6 Å². The predicted octanol–water partition coefficient (Wildman–Crippen LogP) is 3.35. The van der Waals surface area contributed by atoms with Crippen molar-refractivity contribution in [3.05, 3.63) is 71.3 Å². The van der Waals surface area contributed by atoms with E-state index in [0.29, 0.717) is 16.8 Å². The van der Waals surface area contributed by atoms with Gasteiger partial charge in [0.25, 0.3) is 11.8 Å². The molecule has 0 radical (unpaired) electrons. The molecule has 0 spiro atoms. The molecule has 1 heterocycles. The Labute approximate surface area is 160 Å². The van der Waals surface area contributed by atoms with Crippen LogP contribution in [0.5, 0.6) is 5.75 Å². The number of terminal acetylenes is 1. The summed E-state index contributed by atoms with van der Waals surface area (Å²) in [6.07, 6.45) is 5.20. The first kappa shape index (κ1) is 17.3. The number of carbonyl (C=O) groups is 3. The Balaban J connectivity index is 1.80. The van der Waals surface area contributed by atoms with Crippen molar-refractivity contribution in [1.82, 2.24) is 0 Å². The summed E-state index contributed by atoms with van der Waals surface area (Å²) in [5.41, 5.74) is 0.635. The van der Waals surface area contributed by atoms with Gasteiger partial charge in [-0.2, -0.15) is 0 Å². The zero-order valence-electron chi connectivity index (χ0n) is 14.5. The van der Waals surface area contributed by atoms with Gasteiger partial charge in [0.15, 0.2) is 0 Å². The Bertz CT molecular complexity index is 1210. The highest BCUT2D eigenvalue weighted by atomic mass is 16.5. The highest BCUT2D eigenvalue weighted by Gasteiger charge is 2.37. The number of hydrogen-bond donors (Lipinski definition) is 1. The van der Waals surface area contributed by atoms with E-state index >= 15 is 0 Å². The predicted molar refractivity (Wildman–Crippen MR) is 103 cm³/mol. The van der Waals surface area contributed by atoms with Gasteiger partial charge in [-0.25, -0.2) is 9.69 Å². The molecule has 0 saturated carbocycles. The Morgan fingerprint density at radius 3 is 2.57 bits per heavy atom. The maximum absolute atomic E-state index is 12.9. The average molecular weight is 371 g/mol. The second-order valence-corrected chi connectivity index (χ2v) is 6.16. The maximum Gasteiger partial charge on any atom is 0.335 e. The van der Waals surface area contributed by atoms with Crippen molar-refractivity contribution in [3.63, 3.8) is 0 Å². The molecule has 0 aromatic heterocycles. The normalized spacial score (nSPS) is 12.8. The van der Waals surface area contributed by atoms with Crippen LogP contribution in [-0.2, 0) is 0 Å². The van der Waals surface area contributed by atoms with Gasteiger partial charge in [-0.3, -0.25) is 9.59 Å². The molecule has 0 bridgehead atoms. The van der Waals surface area contributed by atoms with Gasteiger partial charge < -0.3 is 9.84 Å². The number of aromatic carboxylic acids is 1. The van der Waals surface area contributed by atoms with Crippen molar-refractivity contribution in [1.29, 1.82) is 0 Å². The summed E-state index contributed by atoms with van der Waals surface area (Å²) in [6, 6.07) is 14.4. The minimum Gasteiger partial charge on any atom is -0.481 e. The highest BCUT2D eigenvalue weighted by molar-refractivity contribution is 6.36. The summed E-state index contributed by atoms with van der Waals surface area (Å²) < 4.78 is 5.42. The zero-order chi connectivity index (χ0) is 19.8. The summed E-state index contributed by atoms with van der Waals surface area (Å²) in [5, 5.41) is 10.6. The summed E-state index contributed by atoms with van der Waals surface area (Å²) in [4.78, 5) is 38.0. The third-order valence-corrected chi connectivity index (χ3v) is 4.53. The monoisotopic (exact) mass is 371 g/mol. The van der Waals surface area contributed by atoms with Crippen LogP contribution in [0.3, 0.4) is 0 Å². The second kappa shape index (κ2) is 6.56. The number of nitrogens with zero attached hydrogens (tertiary/aromatic N) is 1. The van der Waals surface area contributed by atoms with E-state index in [1.807, 2.05) is 6.07 Å². The SMILES string of the molecule is C#CCOc1ccc2c(N3C(=O)c4ccc(C(=O)O)cc4C3=O)cccc2c1. The van der Waals surface area contributed by atoms with Crippen molar-refractivity contribution in [3.8, 4) is 18.1 Å². The Morgan fingerprint density at radius 1 is 1.04 bits per heavy atom. The maximum atomic E-state index is 12.9. The molecule has 3 aromatic rings. The van der Waals surface area contributed by atoms with Gasteiger partial charge in [-0.1, -0.05) is 18.1 Å². The molecule has 1 N–H and O–H groups in total. The number of rotatable bonds is 4. The summed E-state index contributed by atoms with van der Waals surface area (Å²) in [7, 11) is 0. The number of anilines is 1. The highest BCUT2D eigenvalue weighted by Crippen LogP contribution is 2.35. The van der Waals surface area contributed by atoms with Gasteiger partial charge >= 0.3 is 5.97 Å². The molecule has 6 heteroatoms. The molecule has 4 rings (SSSR count). The summed E-state index contributed by atoms with van der Waals surface area (Å²) in [6.45, 7) is 0.134. The fourth-order valence-corrected chi connectivity index (χ4v) is 3.25. The van der Waals surface area contributed by atoms with Gasteiger partial charge in [-0.15, -0.1) is 6.42 Å². The zero-order valence-corrected chi connectivity index (χ0v) is 14.5. The minimum atomic E-state index is -1.16. The van der Waals surface area contributed by atoms with Crippen molar-refractivity contribution in [2.45, 2.75) is 0 Å². The standard InChI is InChI=1S/C22H13NO5/c1-2-10-28-15-7-9-16-13(11-15)4-3-5-19(16)23-20(24)17-8-6-14(22(26)27)12-18(17)21(23)25/h1,3-9,11-12H,10H2,(H,26,27). The molecule has 28 heavy (non-hydrogen) atoms. The molecule has 0 unspecified atom stereocenters. The van der Waals surface area contributed by atoms with E-state index in [2.05, 4.69) is 5.92 Å². The number of amides is 2. The number of ether oxygens (including phenoxy) is 1. The first-order chi connectivity index (χ1) is 13.5. The van der Waals surface area contributed by atoms with E-state index in [9.17, 15) is 14.4 Å². The van der Waals surface area contributed by atoms with Gasteiger partial charge in [0, 0.05) is 5.39 Å². The second-order valence-electron chi connectivity index (χ2n) is 6.16. The topological polar surface area (TPSA) is 83.9 Å². The van der Waals surface area contributed by atoms with Crippen LogP contribution in [-0.4, -0.2) is 29.5 Å². The largest absolute Gasteiger partial charge is 0.481 e. The van der Waals surface area contributed by atoms with Gasteiger partial charge in [0.2, 0.25) is 0 Å². The van der Waals surface area contributed by atoms with Gasteiger partial charge in [0.1, 0.15) is 12.4 Å². The van der Waals surface area contributed by atoms with Crippen LogP contribution < -0.4 is 9.64 Å². The van der Waals surface area contributed by atoms with Crippen LogP contribution >= 0.6 is 0 Å². The van der Waals surface area contributed by atoms with Crippen molar-refractivity contribution in [2.75, 3.05) is 11.5 Å². The number of fused-ring (bicyclic) bond motifs is 2. The number of hydrogen-bond acceptors (Lipinski definition) is 4. The van der Waals surface area contributed by atoms with E-state index in [1.165, 1.54) is 18.2 Å². The molecule has 2 amide bonds. The molecule has 1 aliphatic heterocycles. The number of carboxylic acid groups (broad SMARTS) is 1. The third kappa shape index (κ3) is 2.66. The summed E-state index contributed by atoms with van der Waals surface area (Å²) >= 11 is 0. The lowest BCUT2D eigenvalue weighted by molar-refractivity contribution is 0.0696. The fraction of sp³-hybridized carbons (Fsp3) is 0.0455. The molecule has 136 valence electrons. The van der Waals surface area contributed by atoms with E-state index in [4.69, 9.17) is 16.3 Å². The first-order valence-electron chi connectivity index (χ1n) is 8.36. The van der Waals surface area contributed by atoms with Crippen LogP contribution in [0, 0.1) is 12.3 Å². The van der Waals surface area contributed by atoms with Gasteiger partial charge in [-0.05, 0) is 47.9 Å². The number of imide groups is 1. The summed E-state index contributed by atoms with van der Waals surface area (Å²) in [5.74, 6) is 0.770. The van der Waals surface area contributed by atoms with E-state index < -0.39 is 17.8 Å². The number of benzene rings is 3. The quantitative estimate of drug-likeness (QED) is 0.562. The van der Waals surface area contributed by atoms with Crippen molar-refractivity contribution < 1.29 is 24.2 Å². The van der Waals surface area contributed by atoms with Crippen molar-refractivity contribution >= 4 is 34.2 Å². The molecule has 0 saturated heterocycles. The van der Waals surface area contributed by atoms with Gasteiger partial charge in [0.05, 0.1) is 22.4 Å². The molecular weight excluding hydrogens is 358 g/mol.